The molecule has 0 bridgehead atoms. The van der Waals surface area contributed by atoms with Crippen molar-refractivity contribution in [1.82, 2.24) is 14.7 Å². The molecule has 0 amide bonds. The summed E-state index contributed by atoms with van der Waals surface area (Å²) in [6.07, 6.45) is 0. The van der Waals surface area contributed by atoms with Crippen LogP contribution in [-0.2, 0) is 4.74 Å². The molecule has 146 valence electrons. The minimum absolute atomic E-state index is 0.161. The van der Waals surface area contributed by atoms with Gasteiger partial charge < -0.3 is 24.0 Å². The Kier molecular flexibility index (Phi) is 7.53. The maximum atomic E-state index is 5.53. The van der Waals surface area contributed by atoms with Crippen molar-refractivity contribution in [2.75, 3.05) is 75.3 Å². The quantitative estimate of drug-likeness (QED) is 0.564. The minimum atomic E-state index is 0.161. The van der Waals surface area contributed by atoms with Crippen LogP contribution in [0.2, 0.25) is 0 Å². The third-order valence-corrected chi connectivity index (χ3v) is 4.48. The fraction of sp³-hybridized carbons (Fsp3) is 0.632. The van der Waals surface area contributed by atoms with E-state index in [2.05, 4.69) is 17.0 Å². The monoisotopic (exact) mass is 364 g/mol. The van der Waals surface area contributed by atoms with E-state index in [1.165, 1.54) is 5.56 Å². The van der Waals surface area contributed by atoms with Crippen molar-refractivity contribution < 1.29 is 14.2 Å². The number of morpholine rings is 1. The Hall–Kier alpha value is -1.99. The number of rotatable bonds is 6. The van der Waals surface area contributed by atoms with Crippen LogP contribution in [0.3, 0.4) is 0 Å². The fourth-order valence-corrected chi connectivity index (χ4v) is 3.23. The van der Waals surface area contributed by atoms with Gasteiger partial charge in [-0.05, 0) is 17.7 Å². The number of benzene rings is 1. The zero-order valence-electron chi connectivity index (χ0n) is 16.9. The summed E-state index contributed by atoms with van der Waals surface area (Å²) < 4.78 is 16.4. The van der Waals surface area contributed by atoms with E-state index in [0.29, 0.717) is 6.54 Å². The Morgan fingerprint density at radius 3 is 2.23 bits per heavy atom. The second kappa shape index (κ2) is 9.64. The number of hydrogen-bond donors (Lipinski definition) is 0. The van der Waals surface area contributed by atoms with Crippen LogP contribution in [0, 0.1) is 0 Å². The first-order valence-corrected chi connectivity index (χ1v) is 8.90. The molecule has 0 N–H and O–H groups in total. The van der Waals surface area contributed by atoms with E-state index in [-0.39, 0.29) is 6.04 Å². The molecule has 0 spiro atoms. The first kappa shape index (κ1) is 20.3. The SMILES string of the molecule is COc1ccc(C(CN=C(N(C)C)N(C)C)N2CCOCC2)cc1OC. The first-order chi connectivity index (χ1) is 12.5. The van der Waals surface area contributed by atoms with Gasteiger partial charge in [-0.1, -0.05) is 6.07 Å². The molecule has 1 aliphatic rings. The van der Waals surface area contributed by atoms with Crippen LogP contribution in [0.1, 0.15) is 11.6 Å². The van der Waals surface area contributed by atoms with Gasteiger partial charge in [0.25, 0.3) is 0 Å². The van der Waals surface area contributed by atoms with E-state index in [1.54, 1.807) is 14.2 Å². The highest BCUT2D eigenvalue weighted by atomic mass is 16.5. The van der Waals surface area contributed by atoms with Crippen LogP contribution in [0.4, 0.5) is 0 Å². The van der Waals surface area contributed by atoms with Gasteiger partial charge in [0.1, 0.15) is 0 Å². The number of ether oxygens (including phenoxy) is 3. The topological polar surface area (TPSA) is 49.8 Å². The van der Waals surface area contributed by atoms with Crippen LogP contribution < -0.4 is 9.47 Å². The Morgan fingerprint density at radius 2 is 1.69 bits per heavy atom. The molecule has 1 unspecified atom stereocenters. The first-order valence-electron chi connectivity index (χ1n) is 8.90. The number of nitrogens with zero attached hydrogens (tertiary/aromatic N) is 4. The molecule has 1 saturated heterocycles. The highest BCUT2D eigenvalue weighted by Crippen LogP contribution is 2.32. The summed E-state index contributed by atoms with van der Waals surface area (Å²) in [6.45, 7) is 3.96. The number of aliphatic imine (C=N–C) groups is 1. The molecule has 1 fully saturated rings. The lowest BCUT2D eigenvalue weighted by atomic mass is 10.0. The standard InChI is InChI=1S/C19H32N4O3/c1-21(2)19(22(3)4)20-14-16(23-9-11-26-12-10-23)15-7-8-17(24-5)18(13-15)25-6/h7-8,13,16H,9-12,14H2,1-6H3. The van der Waals surface area contributed by atoms with Crippen molar-refractivity contribution >= 4 is 5.96 Å². The number of guanidine groups is 1. The van der Waals surface area contributed by atoms with Crippen molar-refractivity contribution in [1.29, 1.82) is 0 Å². The van der Waals surface area contributed by atoms with Crippen molar-refractivity contribution in [3.05, 3.63) is 23.8 Å². The van der Waals surface area contributed by atoms with Gasteiger partial charge in [0.15, 0.2) is 17.5 Å². The molecule has 7 nitrogen and oxygen atoms in total. The molecule has 0 radical (unpaired) electrons. The van der Waals surface area contributed by atoms with Gasteiger partial charge in [0.05, 0.1) is 40.0 Å². The number of methoxy groups -OCH3 is 2. The van der Waals surface area contributed by atoms with Crippen LogP contribution in [0.5, 0.6) is 11.5 Å². The van der Waals surface area contributed by atoms with Crippen LogP contribution in [-0.4, -0.2) is 95.9 Å². The largest absolute Gasteiger partial charge is 0.493 e. The van der Waals surface area contributed by atoms with Gasteiger partial charge >= 0.3 is 0 Å². The lowest BCUT2D eigenvalue weighted by molar-refractivity contribution is 0.0178. The summed E-state index contributed by atoms with van der Waals surface area (Å²) in [6, 6.07) is 6.28. The summed E-state index contributed by atoms with van der Waals surface area (Å²) in [4.78, 5) is 11.4. The lowest BCUT2D eigenvalue weighted by Gasteiger charge is -2.34. The molecule has 1 aliphatic heterocycles. The van der Waals surface area contributed by atoms with E-state index in [0.717, 1.165) is 43.8 Å². The molecule has 0 aliphatic carbocycles. The number of hydrogen-bond acceptors (Lipinski definition) is 5. The lowest BCUT2D eigenvalue weighted by Crippen LogP contribution is -2.41. The Balaban J connectivity index is 2.33. The molecule has 0 aromatic heterocycles. The normalized spacial score (nSPS) is 15.9. The maximum Gasteiger partial charge on any atom is 0.195 e. The van der Waals surface area contributed by atoms with E-state index < -0.39 is 0 Å². The molecule has 26 heavy (non-hydrogen) atoms. The Labute approximate surface area is 157 Å². The van der Waals surface area contributed by atoms with Gasteiger partial charge in [-0.25, -0.2) is 0 Å². The third kappa shape index (κ3) is 5.02. The molecule has 1 aromatic rings. The summed E-state index contributed by atoms with van der Waals surface area (Å²) in [5.41, 5.74) is 1.17. The third-order valence-electron chi connectivity index (χ3n) is 4.48. The summed E-state index contributed by atoms with van der Waals surface area (Å²) in [5, 5.41) is 0. The van der Waals surface area contributed by atoms with E-state index >= 15 is 0 Å². The van der Waals surface area contributed by atoms with Gasteiger partial charge in [0.2, 0.25) is 0 Å². The predicted molar refractivity (Wildman–Crippen MR) is 104 cm³/mol. The van der Waals surface area contributed by atoms with E-state index in [4.69, 9.17) is 19.2 Å². The molecule has 1 heterocycles. The van der Waals surface area contributed by atoms with E-state index in [9.17, 15) is 0 Å². The summed E-state index contributed by atoms with van der Waals surface area (Å²) >= 11 is 0. The highest BCUT2D eigenvalue weighted by Gasteiger charge is 2.24. The molecule has 1 atom stereocenters. The van der Waals surface area contributed by atoms with Gasteiger partial charge in [-0.15, -0.1) is 0 Å². The Bertz CT molecular complexity index is 588. The van der Waals surface area contributed by atoms with Crippen molar-refractivity contribution in [3.8, 4) is 11.5 Å². The highest BCUT2D eigenvalue weighted by molar-refractivity contribution is 5.79. The molecule has 0 saturated carbocycles. The van der Waals surface area contributed by atoms with Gasteiger partial charge in [-0.2, -0.15) is 0 Å². The Morgan fingerprint density at radius 1 is 1.08 bits per heavy atom. The second-order valence-corrected chi connectivity index (χ2v) is 6.71. The fourth-order valence-electron chi connectivity index (χ4n) is 3.23. The van der Waals surface area contributed by atoms with Crippen LogP contribution >= 0.6 is 0 Å². The molecule has 2 rings (SSSR count). The molecular formula is C19H32N4O3. The summed E-state index contributed by atoms with van der Waals surface area (Å²) in [5.74, 6) is 2.43. The zero-order chi connectivity index (χ0) is 19.1. The molecule has 7 heteroatoms. The smallest absolute Gasteiger partial charge is 0.195 e. The van der Waals surface area contributed by atoms with Crippen molar-refractivity contribution in [2.45, 2.75) is 6.04 Å². The molecular weight excluding hydrogens is 332 g/mol. The van der Waals surface area contributed by atoms with Crippen molar-refractivity contribution in [2.24, 2.45) is 4.99 Å². The molecule has 1 aromatic carbocycles. The maximum absolute atomic E-state index is 5.53. The predicted octanol–water partition coefficient (Wildman–Crippen LogP) is 1.56. The van der Waals surface area contributed by atoms with E-state index in [1.807, 2.05) is 44.1 Å². The minimum Gasteiger partial charge on any atom is -0.493 e. The van der Waals surface area contributed by atoms with Crippen molar-refractivity contribution in [3.63, 3.8) is 0 Å². The zero-order valence-corrected chi connectivity index (χ0v) is 16.9. The van der Waals surface area contributed by atoms with Gasteiger partial charge in [0, 0.05) is 41.3 Å². The average Bonchev–Trinajstić information content (AvgIpc) is 2.64. The summed E-state index contributed by atoms with van der Waals surface area (Å²) in [7, 11) is 11.4. The van der Waals surface area contributed by atoms with Gasteiger partial charge in [-0.3, -0.25) is 9.89 Å². The average molecular weight is 364 g/mol. The van der Waals surface area contributed by atoms with Crippen LogP contribution in [0.25, 0.3) is 0 Å². The van der Waals surface area contributed by atoms with Crippen LogP contribution in [0.15, 0.2) is 23.2 Å². The second-order valence-electron chi connectivity index (χ2n) is 6.71.